The number of rotatable bonds is 2. The molecule has 1 aromatic heterocycles. The predicted octanol–water partition coefficient (Wildman–Crippen LogP) is 2.64. The lowest BCUT2D eigenvalue weighted by molar-refractivity contribution is 0.327. The molecule has 0 aromatic carbocycles. The molecule has 1 aliphatic rings. The van der Waals surface area contributed by atoms with E-state index in [2.05, 4.69) is 43.3 Å². The summed E-state index contributed by atoms with van der Waals surface area (Å²) in [5, 5.41) is 3.72. The fraction of sp³-hybridized carbons (Fsp3) is 0.667. The Hall–Kier alpha value is -0.760. The van der Waals surface area contributed by atoms with Gasteiger partial charge in [-0.25, -0.2) is 0 Å². The molecule has 0 aliphatic carbocycles. The molecule has 2 atom stereocenters. The van der Waals surface area contributed by atoms with Gasteiger partial charge in [0.25, 0.3) is 0 Å². The summed E-state index contributed by atoms with van der Waals surface area (Å²) in [6.45, 7) is 6.82. The first kappa shape index (κ1) is 9.78. The minimum atomic E-state index is 0.537. The average molecular weight is 192 g/mol. The first-order valence-electron chi connectivity index (χ1n) is 5.64. The Labute approximate surface area is 86.1 Å². The Kier molecular flexibility index (Phi) is 2.64. The van der Waals surface area contributed by atoms with Gasteiger partial charge in [-0.05, 0) is 24.0 Å². The molecule has 2 rings (SSSR count). The molecule has 0 fully saturated rings. The van der Waals surface area contributed by atoms with Crippen molar-refractivity contribution in [3.63, 3.8) is 0 Å². The average Bonchev–Trinajstić information content (AvgIpc) is 2.63. The van der Waals surface area contributed by atoms with Crippen LogP contribution < -0.4 is 5.32 Å². The summed E-state index contributed by atoms with van der Waals surface area (Å²) in [4.78, 5) is 3.37. The Morgan fingerprint density at radius 1 is 1.50 bits per heavy atom. The van der Waals surface area contributed by atoms with Gasteiger partial charge in [0.05, 0.1) is 0 Å². The van der Waals surface area contributed by atoms with E-state index in [0.717, 1.165) is 6.42 Å². The molecule has 2 heterocycles. The molecular formula is C12H20N2. The number of fused-ring (bicyclic) bond motifs is 1. The molecule has 2 heteroatoms. The van der Waals surface area contributed by atoms with Crippen molar-refractivity contribution in [2.45, 2.75) is 45.7 Å². The molecule has 1 aromatic rings. The highest BCUT2D eigenvalue weighted by Crippen LogP contribution is 2.30. The molecule has 2 N–H and O–H groups in total. The summed E-state index contributed by atoms with van der Waals surface area (Å²) in [7, 11) is 0. The first-order valence-corrected chi connectivity index (χ1v) is 5.64. The second-order valence-electron chi connectivity index (χ2n) is 4.61. The molecule has 78 valence electrons. The van der Waals surface area contributed by atoms with Crippen LogP contribution in [0.1, 0.15) is 44.5 Å². The number of nitrogens with one attached hydrogen (secondary N) is 2. The van der Waals surface area contributed by atoms with Crippen LogP contribution in [-0.2, 0) is 6.42 Å². The number of H-pyrrole nitrogens is 1. The van der Waals surface area contributed by atoms with E-state index in [1.165, 1.54) is 17.7 Å². The number of hydrogen-bond acceptors (Lipinski definition) is 1. The Bertz CT molecular complexity index is 301. The van der Waals surface area contributed by atoms with Gasteiger partial charge in [0.1, 0.15) is 0 Å². The zero-order valence-electron chi connectivity index (χ0n) is 9.30. The molecule has 1 aliphatic heterocycles. The van der Waals surface area contributed by atoms with Gasteiger partial charge in [0, 0.05) is 30.4 Å². The predicted molar refractivity (Wildman–Crippen MR) is 59.3 cm³/mol. The van der Waals surface area contributed by atoms with E-state index in [4.69, 9.17) is 0 Å². The van der Waals surface area contributed by atoms with Crippen LogP contribution in [0.5, 0.6) is 0 Å². The SMILES string of the molecule is CC[C@H]1Cc2[nH]ccc2[C@H](C(C)C)N1. The van der Waals surface area contributed by atoms with Crippen molar-refractivity contribution >= 4 is 0 Å². The van der Waals surface area contributed by atoms with Crippen LogP contribution >= 0.6 is 0 Å². The minimum absolute atomic E-state index is 0.537. The van der Waals surface area contributed by atoms with Gasteiger partial charge in [0.15, 0.2) is 0 Å². The van der Waals surface area contributed by atoms with Crippen LogP contribution in [0, 0.1) is 5.92 Å². The third-order valence-corrected chi connectivity index (χ3v) is 3.23. The van der Waals surface area contributed by atoms with Gasteiger partial charge in [0.2, 0.25) is 0 Å². The molecule has 0 saturated heterocycles. The molecule has 2 nitrogen and oxygen atoms in total. The number of hydrogen-bond donors (Lipinski definition) is 2. The van der Waals surface area contributed by atoms with Crippen molar-refractivity contribution in [2.24, 2.45) is 5.92 Å². The van der Waals surface area contributed by atoms with Crippen LogP contribution in [0.15, 0.2) is 12.3 Å². The molecule has 14 heavy (non-hydrogen) atoms. The molecular weight excluding hydrogens is 172 g/mol. The van der Waals surface area contributed by atoms with E-state index >= 15 is 0 Å². The smallest absolute Gasteiger partial charge is 0.0363 e. The van der Waals surface area contributed by atoms with Gasteiger partial charge in [-0.3, -0.25) is 0 Å². The molecule has 0 saturated carbocycles. The zero-order chi connectivity index (χ0) is 10.1. The zero-order valence-corrected chi connectivity index (χ0v) is 9.30. The van der Waals surface area contributed by atoms with Crippen LogP contribution in [0.4, 0.5) is 0 Å². The van der Waals surface area contributed by atoms with E-state index in [9.17, 15) is 0 Å². The Morgan fingerprint density at radius 3 is 2.93 bits per heavy atom. The van der Waals surface area contributed by atoms with E-state index in [1.807, 2.05) is 0 Å². The fourth-order valence-corrected chi connectivity index (χ4v) is 2.35. The quantitative estimate of drug-likeness (QED) is 0.740. The van der Waals surface area contributed by atoms with E-state index < -0.39 is 0 Å². The number of aromatic amines is 1. The lowest BCUT2D eigenvalue weighted by atomic mass is 9.88. The highest BCUT2D eigenvalue weighted by Gasteiger charge is 2.27. The lowest BCUT2D eigenvalue weighted by Gasteiger charge is -2.33. The third-order valence-electron chi connectivity index (χ3n) is 3.23. The third kappa shape index (κ3) is 1.59. The van der Waals surface area contributed by atoms with Crippen molar-refractivity contribution in [1.82, 2.24) is 10.3 Å². The summed E-state index contributed by atoms with van der Waals surface area (Å²) in [6.07, 6.45) is 4.43. The van der Waals surface area contributed by atoms with Gasteiger partial charge < -0.3 is 10.3 Å². The van der Waals surface area contributed by atoms with Crippen LogP contribution in [0.25, 0.3) is 0 Å². The van der Waals surface area contributed by atoms with Crippen molar-refractivity contribution in [1.29, 1.82) is 0 Å². The standard InChI is InChI=1S/C12H20N2/c1-4-9-7-11-10(5-6-13-11)12(14-9)8(2)3/h5-6,8-9,12-14H,4,7H2,1-3H3/t9-,12-/m0/s1. The Morgan fingerprint density at radius 2 is 2.29 bits per heavy atom. The normalized spacial score (nSPS) is 26.6. The summed E-state index contributed by atoms with van der Waals surface area (Å²) in [5.74, 6) is 0.666. The van der Waals surface area contributed by atoms with E-state index in [-0.39, 0.29) is 0 Å². The molecule has 0 unspecified atom stereocenters. The fourth-order valence-electron chi connectivity index (χ4n) is 2.35. The first-order chi connectivity index (χ1) is 6.72. The maximum atomic E-state index is 3.72. The van der Waals surface area contributed by atoms with Crippen LogP contribution in [-0.4, -0.2) is 11.0 Å². The van der Waals surface area contributed by atoms with Crippen LogP contribution in [0.2, 0.25) is 0 Å². The van der Waals surface area contributed by atoms with Crippen molar-refractivity contribution < 1.29 is 0 Å². The number of aromatic nitrogens is 1. The highest BCUT2D eigenvalue weighted by molar-refractivity contribution is 5.28. The van der Waals surface area contributed by atoms with Gasteiger partial charge in [-0.1, -0.05) is 20.8 Å². The molecule has 0 bridgehead atoms. The molecule has 0 spiro atoms. The van der Waals surface area contributed by atoms with Gasteiger partial charge in [-0.2, -0.15) is 0 Å². The van der Waals surface area contributed by atoms with Gasteiger partial charge in [-0.15, -0.1) is 0 Å². The topological polar surface area (TPSA) is 27.8 Å². The van der Waals surface area contributed by atoms with Gasteiger partial charge >= 0.3 is 0 Å². The lowest BCUT2D eigenvalue weighted by Crippen LogP contribution is -2.40. The van der Waals surface area contributed by atoms with Crippen molar-refractivity contribution in [2.75, 3.05) is 0 Å². The summed E-state index contributed by atoms with van der Waals surface area (Å²) in [5.41, 5.74) is 2.92. The van der Waals surface area contributed by atoms with E-state index in [0.29, 0.717) is 18.0 Å². The minimum Gasteiger partial charge on any atom is -0.365 e. The van der Waals surface area contributed by atoms with E-state index in [1.54, 1.807) is 0 Å². The largest absolute Gasteiger partial charge is 0.365 e. The second kappa shape index (κ2) is 3.77. The van der Waals surface area contributed by atoms with Crippen LogP contribution in [0.3, 0.4) is 0 Å². The highest BCUT2D eigenvalue weighted by atomic mass is 15.0. The monoisotopic (exact) mass is 192 g/mol. The summed E-state index contributed by atoms with van der Waals surface area (Å²) >= 11 is 0. The molecule has 0 amide bonds. The maximum Gasteiger partial charge on any atom is 0.0363 e. The summed E-state index contributed by atoms with van der Waals surface area (Å²) < 4.78 is 0. The second-order valence-corrected chi connectivity index (χ2v) is 4.61. The Balaban J connectivity index is 2.27. The summed E-state index contributed by atoms with van der Waals surface area (Å²) in [6, 6.07) is 3.40. The maximum absolute atomic E-state index is 3.72. The molecule has 0 radical (unpaired) electrons. The van der Waals surface area contributed by atoms with Crippen molar-refractivity contribution in [3.05, 3.63) is 23.5 Å². The van der Waals surface area contributed by atoms with Crippen molar-refractivity contribution in [3.8, 4) is 0 Å².